The van der Waals surface area contributed by atoms with Gasteiger partial charge in [0.2, 0.25) is 0 Å². The van der Waals surface area contributed by atoms with Crippen LogP contribution in [0.2, 0.25) is 0 Å². The summed E-state index contributed by atoms with van der Waals surface area (Å²) < 4.78 is 8.74. The standard InChI is InChI=1S/C8H7N.H3N.H3O3P/c1-2-4-8-7(3-1)5-6-9-8;;1-4(2)3/h1-6,9H;1H3;4H,(H2,1,2,3). The summed E-state index contributed by atoms with van der Waals surface area (Å²) in [5.74, 6) is 0. The van der Waals surface area contributed by atoms with Gasteiger partial charge in [-0.3, -0.25) is 4.57 Å². The van der Waals surface area contributed by atoms with Gasteiger partial charge in [0, 0.05) is 11.7 Å². The Balaban J connectivity index is 0.000000299. The lowest BCUT2D eigenvalue weighted by atomic mass is 10.3. The quantitative estimate of drug-likeness (QED) is 0.502. The van der Waals surface area contributed by atoms with E-state index in [0.29, 0.717) is 0 Å². The lowest BCUT2D eigenvalue weighted by Crippen LogP contribution is -1.61. The van der Waals surface area contributed by atoms with Crippen LogP contribution in [0.5, 0.6) is 0 Å². The van der Waals surface area contributed by atoms with E-state index in [9.17, 15) is 0 Å². The van der Waals surface area contributed by atoms with Crippen LogP contribution in [0.1, 0.15) is 0 Å². The zero-order valence-corrected chi connectivity index (χ0v) is 8.47. The minimum absolute atomic E-state index is 0. The van der Waals surface area contributed by atoms with Gasteiger partial charge in [0.15, 0.2) is 0 Å². The summed E-state index contributed by atoms with van der Waals surface area (Å²) in [6.45, 7) is 0. The van der Waals surface area contributed by atoms with Gasteiger partial charge in [0.25, 0.3) is 0 Å². The van der Waals surface area contributed by atoms with Crippen molar-refractivity contribution in [2.45, 2.75) is 0 Å². The highest BCUT2D eigenvalue weighted by molar-refractivity contribution is 7.30. The molecular weight excluding hydrogens is 203 g/mol. The SMILES string of the molecule is N.O=[PH](O)O.c1ccc2[nH]ccc2c1. The molecule has 1 aromatic carbocycles. The summed E-state index contributed by atoms with van der Waals surface area (Å²) in [6.07, 6.45) is 1.95. The van der Waals surface area contributed by atoms with Crippen molar-refractivity contribution in [1.29, 1.82) is 0 Å². The molecule has 14 heavy (non-hydrogen) atoms. The van der Waals surface area contributed by atoms with Gasteiger partial charge in [0.05, 0.1) is 0 Å². The molecule has 2 aromatic rings. The molecule has 5 nitrogen and oxygen atoms in total. The molecular formula is C8H13N2O3P. The Morgan fingerprint density at radius 1 is 1.14 bits per heavy atom. The van der Waals surface area contributed by atoms with E-state index >= 15 is 0 Å². The molecule has 0 amide bonds. The van der Waals surface area contributed by atoms with Crippen LogP contribution in [-0.4, -0.2) is 14.8 Å². The Kier molecular flexibility index (Phi) is 5.83. The first-order valence-corrected chi connectivity index (χ1v) is 4.94. The predicted molar refractivity (Wildman–Crippen MR) is 56.8 cm³/mol. The maximum atomic E-state index is 8.74. The van der Waals surface area contributed by atoms with E-state index in [-0.39, 0.29) is 6.15 Å². The highest BCUT2D eigenvalue weighted by Crippen LogP contribution is 2.09. The molecule has 0 atom stereocenters. The number of aromatic amines is 1. The van der Waals surface area contributed by atoms with Crippen LogP contribution in [0.15, 0.2) is 36.5 Å². The van der Waals surface area contributed by atoms with Gasteiger partial charge in [-0.15, -0.1) is 0 Å². The average molecular weight is 216 g/mol. The third kappa shape index (κ3) is 4.20. The number of H-pyrrole nitrogens is 1. The fourth-order valence-corrected chi connectivity index (χ4v) is 0.995. The van der Waals surface area contributed by atoms with Crippen LogP contribution in [0.3, 0.4) is 0 Å². The smallest absolute Gasteiger partial charge is 0.314 e. The second-order valence-corrected chi connectivity index (χ2v) is 2.91. The molecule has 0 spiro atoms. The van der Waals surface area contributed by atoms with Crippen molar-refractivity contribution in [2.24, 2.45) is 0 Å². The summed E-state index contributed by atoms with van der Waals surface area (Å²) in [5.41, 5.74) is 1.21. The van der Waals surface area contributed by atoms with Gasteiger partial charge in [0.1, 0.15) is 0 Å². The van der Waals surface area contributed by atoms with Gasteiger partial charge >= 0.3 is 8.25 Å². The first-order chi connectivity index (χ1) is 6.20. The van der Waals surface area contributed by atoms with Gasteiger partial charge in [-0.1, -0.05) is 18.2 Å². The second-order valence-electron chi connectivity index (χ2n) is 2.35. The summed E-state index contributed by atoms with van der Waals surface area (Å²) >= 11 is 0. The summed E-state index contributed by atoms with van der Waals surface area (Å²) in [5, 5.41) is 1.28. The van der Waals surface area contributed by atoms with E-state index in [0.717, 1.165) is 0 Å². The van der Waals surface area contributed by atoms with E-state index in [4.69, 9.17) is 14.4 Å². The fraction of sp³-hybridized carbons (Fsp3) is 0. The van der Waals surface area contributed by atoms with Crippen LogP contribution in [-0.2, 0) is 4.57 Å². The van der Waals surface area contributed by atoms with Crippen molar-refractivity contribution in [3.05, 3.63) is 36.5 Å². The van der Waals surface area contributed by atoms with Crippen molar-refractivity contribution in [3.8, 4) is 0 Å². The van der Waals surface area contributed by atoms with Crippen molar-refractivity contribution in [2.75, 3.05) is 0 Å². The van der Waals surface area contributed by atoms with Crippen molar-refractivity contribution >= 4 is 19.2 Å². The minimum Gasteiger partial charge on any atom is -0.361 e. The van der Waals surface area contributed by atoms with E-state index in [1.165, 1.54) is 10.9 Å². The van der Waals surface area contributed by atoms with Crippen LogP contribution in [0.25, 0.3) is 10.9 Å². The van der Waals surface area contributed by atoms with Crippen LogP contribution in [0, 0.1) is 0 Å². The molecule has 0 saturated heterocycles. The Labute approximate surface area is 81.9 Å². The van der Waals surface area contributed by atoms with Crippen molar-refractivity contribution in [1.82, 2.24) is 11.1 Å². The molecule has 6 N–H and O–H groups in total. The van der Waals surface area contributed by atoms with Gasteiger partial charge < -0.3 is 20.9 Å². The number of hydrogen-bond donors (Lipinski definition) is 4. The maximum Gasteiger partial charge on any atom is 0.314 e. The molecule has 0 saturated carbocycles. The third-order valence-corrected chi connectivity index (χ3v) is 1.46. The number of aromatic nitrogens is 1. The Morgan fingerprint density at radius 2 is 1.71 bits per heavy atom. The molecule has 78 valence electrons. The molecule has 1 heterocycles. The number of hydrogen-bond acceptors (Lipinski definition) is 2. The van der Waals surface area contributed by atoms with Gasteiger partial charge in [-0.05, 0) is 17.5 Å². The Morgan fingerprint density at radius 3 is 2.29 bits per heavy atom. The maximum absolute atomic E-state index is 8.74. The fourth-order valence-electron chi connectivity index (χ4n) is 0.995. The largest absolute Gasteiger partial charge is 0.361 e. The number of fused-ring (bicyclic) bond motifs is 1. The molecule has 0 bridgehead atoms. The van der Waals surface area contributed by atoms with E-state index in [1.54, 1.807) is 0 Å². The minimum atomic E-state index is -3.13. The molecule has 2 rings (SSSR count). The lowest BCUT2D eigenvalue weighted by Gasteiger charge is -1.83. The molecule has 0 unspecified atom stereocenters. The third-order valence-electron chi connectivity index (χ3n) is 1.46. The van der Waals surface area contributed by atoms with Gasteiger partial charge in [-0.2, -0.15) is 0 Å². The topological polar surface area (TPSA) is 108 Å². The molecule has 0 aliphatic heterocycles. The van der Waals surface area contributed by atoms with Crippen molar-refractivity contribution in [3.63, 3.8) is 0 Å². The van der Waals surface area contributed by atoms with E-state index in [2.05, 4.69) is 23.2 Å². The molecule has 6 heteroatoms. The Hall–Kier alpha value is -1.13. The summed E-state index contributed by atoms with van der Waals surface area (Å²) in [6, 6.07) is 10.3. The number of para-hydroxylation sites is 1. The Bertz CT molecular complexity index is 368. The zero-order chi connectivity index (χ0) is 9.68. The zero-order valence-electron chi connectivity index (χ0n) is 7.47. The van der Waals surface area contributed by atoms with E-state index in [1.807, 2.05) is 18.3 Å². The molecule has 0 fully saturated rings. The van der Waals surface area contributed by atoms with Crippen LogP contribution in [0.4, 0.5) is 0 Å². The molecule has 0 aliphatic carbocycles. The number of benzene rings is 1. The first-order valence-electron chi connectivity index (χ1n) is 3.64. The lowest BCUT2D eigenvalue weighted by molar-refractivity contribution is 0.405. The normalized spacial score (nSPS) is 9.07. The first kappa shape index (κ1) is 12.9. The monoisotopic (exact) mass is 216 g/mol. The predicted octanol–water partition coefficient (Wildman–Crippen LogP) is 1.69. The van der Waals surface area contributed by atoms with Crippen molar-refractivity contribution < 1.29 is 14.4 Å². The summed E-state index contributed by atoms with van der Waals surface area (Å²) in [4.78, 5) is 17.4. The molecule has 0 radical (unpaired) electrons. The van der Waals surface area contributed by atoms with Crippen LogP contribution < -0.4 is 6.15 Å². The molecule has 0 aliphatic rings. The highest BCUT2D eigenvalue weighted by atomic mass is 31.1. The number of rotatable bonds is 0. The number of nitrogens with one attached hydrogen (secondary N) is 1. The van der Waals surface area contributed by atoms with Gasteiger partial charge in [-0.25, -0.2) is 0 Å². The highest BCUT2D eigenvalue weighted by Gasteiger charge is 1.86. The second kappa shape index (κ2) is 6.34. The van der Waals surface area contributed by atoms with E-state index < -0.39 is 8.25 Å². The molecule has 1 aromatic heterocycles. The van der Waals surface area contributed by atoms with Crippen LogP contribution >= 0.6 is 8.25 Å². The average Bonchev–Trinajstić information content (AvgIpc) is 2.49. The summed E-state index contributed by atoms with van der Waals surface area (Å²) in [7, 11) is -3.13.